The molecule has 0 aliphatic heterocycles. The Balaban J connectivity index is 1.83. The lowest BCUT2D eigenvalue weighted by molar-refractivity contribution is 0.0934. The molecule has 0 saturated carbocycles. The molecule has 6 heteroatoms. The Bertz CT molecular complexity index is 776. The number of amides is 1. The number of methoxy groups -OCH3 is 1. The first-order chi connectivity index (χ1) is 11.7. The molecule has 2 aromatic rings. The minimum absolute atomic E-state index is 0.294. The molecule has 1 aliphatic rings. The smallest absolute Gasteiger partial charge is 0.275 e. The summed E-state index contributed by atoms with van der Waals surface area (Å²) < 4.78 is 10.6. The van der Waals surface area contributed by atoms with E-state index in [0.717, 1.165) is 43.4 Å². The topological polar surface area (TPSA) is 88.1 Å². The molecule has 1 aromatic carbocycles. The number of aromatic nitrogens is 1. The van der Waals surface area contributed by atoms with Crippen molar-refractivity contribution in [2.45, 2.75) is 38.1 Å². The van der Waals surface area contributed by atoms with Gasteiger partial charge in [0.1, 0.15) is 17.6 Å². The van der Waals surface area contributed by atoms with E-state index in [2.05, 4.69) is 16.5 Å². The van der Waals surface area contributed by atoms with Crippen LogP contribution in [0.5, 0.6) is 5.75 Å². The SMILES string of the molecule is COc1ccccc1[C@@H](C#N)NC(=O)c1noc2c1CCCCC2. The molecule has 3 rings (SSSR count). The quantitative estimate of drug-likeness (QED) is 0.873. The van der Waals surface area contributed by atoms with Gasteiger partial charge in [-0.25, -0.2) is 0 Å². The lowest BCUT2D eigenvalue weighted by Crippen LogP contribution is -2.29. The fourth-order valence-electron chi connectivity index (χ4n) is 3.02. The van der Waals surface area contributed by atoms with Crippen LogP contribution < -0.4 is 10.1 Å². The summed E-state index contributed by atoms with van der Waals surface area (Å²) in [7, 11) is 1.53. The van der Waals surface area contributed by atoms with E-state index in [-0.39, 0.29) is 5.91 Å². The second-order valence-corrected chi connectivity index (χ2v) is 5.77. The summed E-state index contributed by atoms with van der Waals surface area (Å²) in [6.07, 6.45) is 4.78. The van der Waals surface area contributed by atoms with E-state index in [9.17, 15) is 10.1 Å². The lowest BCUT2D eigenvalue weighted by Gasteiger charge is -2.14. The lowest BCUT2D eigenvalue weighted by atomic mass is 10.0. The first-order valence-electron chi connectivity index (χ1n) is 8.05. The predicted molar refractivity (Wildman–Crippen MR) is 86.6 cm³/mol. The molecular weight excluding hydrogens is 306 g/mol. The summed E-state index contributed by atoms with van der Waals surface area (Å²) in [5.41, 5.74) is 1.79. The summed E-state index contributed by atoms with van der Waals surface area (Å²) in [4.78, 5) is 12.6. The van der Waals surface area contributed by atoms with Crippen LogP contribution in [0.1, 0.15) is 52.7 Å². The van der Waals surface area contributed by atoms with Crippen molar-refractivity contribution in [1.82, 2.24) is 10.5 Å². The van der Waals surface area contributed by atoms with Crippen LogP contribution in [0.15, 0.2) is 28.8 Å². The molecule has 1 amide bonds. The molecule has 0 fully saturated rings. The van der Waals surface area contributed by atoms with E-state index < -0.39 is 6.04 Å². The molecule has 0 radical (unpaired) electrons. The fraction of sp³-hybridized carbons (Fsp3) is 0.389. The van der Waals surface area contributed by atoms with Gasteiger partial charge < -0.3 is 14.6 Å². The molecule has 1 atom stereocenters. The van der Waals surface area contributed by atoms with Crippen molar-refractivity contribution >= 4 is 5.91 Å². The fourth-order valence-corrected chi connectivity index (χ4v) is 3.02. The van der Waals surface area contributed by atoms with Gasteiger partial charge in [-0.15, -0.1) is 0 Å². The minimum atomic E-state index is -0.813. The summed E-state index contributed by atoms with van der Waals surface area (Å²) in [6, 6.07) is 8.43. The number of rotatable bonds is 4. The molecule has 1 heterocycles. The standard InChI is InChI=1S/C18H19N3O3/c1-23-15-9-6-5-7-12(15)14(11-19)20-18(22)17-13-8-3-2-4-10-16(13)24-21-17/h5-7,9,14H,2-4,8,10H2,1H3,(H,20,22)/t14-/m1/s1. The maximum absolute atomic E-state index is 12.6. The maximum atomic E-state index is 12.6. The van der Waals surface area contributed by atoms with Crippen molar-refractivity contribution in [2.75, 3.05) is 7.11 Å². The molecule has 0 unspecified atom stereocenters. The Hall–Kier alpha value is -2.81. The van der Waals surface area contributed by atoms with E-state index in [1.807, 2.05) is 6.07 Å². The van der Waals surface area contributed by atoms with E-state index in [1.165, 1.54) is 7.11 Å². The number of hydrogen-bond acceptors (Lipinski definition) is 5. The van der Waals surface area contributed by atoms with Gasteiger partial charge in [0, 0.05) is 17.5 Å². The van der Waals surface area contributed by atoms with Crippen LogP contribution in [0.25, 0.3) is 0 Å². The van der Waals surface area contributed by atoms with E-state index in [1.54, 1.807) is 18.2 Å². The highest BCUT2D eigenvalue weighted by molar-refractivity contribution is 5.94. The first-order valence-corrected chi connectivity index (χ1v) is 8.05. The van der Waals surface area contributed by atoms with Crippen molar-refractivity contribution in [3.05, 3.63) is 46.8 Å². The molecule has 1 aromatic heterocycles. The third kappa shape index (κ3) is 3.11. The van der Waals surface area contributed by atoms with Crippen molar-refractivity contribution in [1.29, 1.82) is 5.26 Å². The molecule has 0 saturated heterocycles. The number of aryl methyl sites for hydroxylation is 1. The van der Waals surface area contributed by atoms with Crippen LogP contribution in [-0.4, -0.2) is 18.2 Å². The summed E-state index contributed by atoms with van der Waals surface area (Å²) in [5, 5.41) is 16.1. The summed E-state index contributed by atoms with van der Waals surface area (Å²) >= 11 is 0. The van der Waals surface area contributed by atoms with Crippen LogP contribution in [0, 0.1) is 11.3 Å². The number of nitrogens with one attached hydrogen (secondary N) is 1. The highest BCUT2D eigenvalue weighted by Crippen LogP contribution is 2.26. The van der Waals surface area contributed by atoms with Gasteiger partial charge in [-0.05, 0) is 25.3 Å². The third-order valence-electron chi connectivity index (χ3n) is 4.27. The third-order valence-corrected chi connectivity index (χ3v) is 4.27. The largest absolute Gasteiger partial charge is 0.496 e. The predicted octanol–water partition coefficient (Wildman–Crippen LogP) is 2.95. The second kappa shape index (κ2) is 7.18. The van der Waals surface area contributed by atoms with Gasteiger partial charge in [0.25, 0.3) is 5.91 Å². The number of hydrogen-bond donors (Lipinski definition) is 1. The van der Waals surface area contributed by atoms with E-state index >= 15 is 0 Å². The van der Waals surface area contributed by atoms with Crippen LogP contribution in [0.4, 0.5) is 0 Å². The molecule has 1 N–H and O–H groups in total. The number of para-hydroxylation sites is 1. The van der Waals surface area contributed by atoms with Crippen molar-refractivity contribution in [2.24, 2.45) is 0 Å². The molecule has 124 valence electrons. The van der Waals surface area contributed by atoms with Gasteiger partial charge >= 0.3 is 0 Å². The second-order valence-electron chi connectivity index (χ2n) is 5.77. The Kier molecular flexibility index (Phi) is 4.80. The zero-order chi connectivity index (χ0) is 16.9. The van der Waals surface area contributed by atoms with E-state index in [0.29, 0.717) is 17.0 Å². The molecular formula is C18H19N3O3. The molecule has 6 nitrogen and oxygen atoms in total. The number of ether oxygens (including phenoxy) is 1. The minimum Gasteiger partial charge on any atom is -0.496 e. The average molecular weight is 325 g/mol. The van der Waals surface area contributed by atoms with Gasteiger partial charge in [0.15, 0.2) is 5.69 Å². The van der Waals surface area contributed by atoms with Crippen LogP contribution in [0.3, 0.4) is 0 Å². The molecule has 24 heavy (non-hydrogen) atoms. The Morgan fingerprint density at radius 1 is 1.33 bits per heavy atom. The van der Waals surface area contributed by atoms with Crippen molar-refractivity contribution < 1.29 is 14.1 Å². The van der Waals surface area contributed by atoms with Gasteiger partial charge in [0.05, 0.1) is 13.2 Å². The zero-order valence-electron chi connectivity index (χ0n) is 13.5. The molecule has 0 bridgehead atoms. The van der Waals surface area contributed by atoms with Crippen LogP contribution >= 0.6 is 0 Å². The van der Waals surface area contributed by atoms with Gasteiger partial charge in [-0.3, -0.25) is 4.79 Å². The van der Waals surface area contributed by atoms with E-state index in [4.69, 9.17) is 9.26 Å². The van der Waals surface area contributed by atoms with Crippen LogP contribution in [0.2, 0.25) is 0 Å². The summed E-state index contributed by atoms with van der Waals surface area (Å²) in [6.45, 7) is 0. The Morgan fingerprint density at radius 2 is 2.12 bits per heavy atom. The number of nitrogens with zero attached hydrogens (tertiary/aromatic N) is 2. The molecule has 0 spiro atoms. The highest BCUT2D eigenvalue weighted by Gasteiger charge is 2.26. The Morgan fingerprint density at radius 3 is 2.92 bits per heavy atom. The number of carbonyl (C=O) groups excluding carboxylic acids is 1. The van der Waals surface area contributed by atoms with Gasteiger partial charge in [-0.2, -0.15) is 5.26 Å². The van der Waals surface area contributed by atoms with Gasteiger partial charge in [0.2, 0.25) is 0 Å². The first kappa shape index (κ1) is 16.1. The normalized spacial score (nSPS) is 14.8. The molecule has 1 aliphatic carbocycles. The van der Waals surface area contributed by atoms with Crippen molar-refractivity contribution in [3.63, 3.8) is 0 Å². The number of benzene rings is 1. The number of fused-ring (bicyclic) bond motifs is 1. The highest BCUT2D eigenvalue weighted by atomic mass is 16.5. The number of carbonyl (C=O) groups is 1. The van der Waals surface area contributed by atoms with Gasteiger partial charge in [-0.1, -0.05) is 29.8 Å². The Labute approximate surface area is 140 Å². The van der Waals surface area contributed by atoms with Crippen molar-refractivity contribution in [3.8, 4) is 11.8 Å². The zero-order valence-corrected chi connectivity index (χ0v) is 13.5. The number of nitriles is 1. The van der Waals surface area contributed by atoms with Crippen LogP contribution in [-0.2, 0) is 12.8 Å². The maximum Gasteiger partial charge on any atom is 0.275 e. The monoisotopic (exact) mass is 325 g/mol. The average Bonchev–Trinajstić information content (AvgIpc) is 2.88. The summed E-state index contributed by atoms with van der Waals surface area (Å²) in [5.74, 6) is 0.964.